The Morgan fingerprint density at radius 3 is 2.57 bits per heavy atom. The Morgan fingerprint density at radius 1 is 1.22 bits per heavy atom. The molecule has 0 saturated heterocycles. The molecule has 1 rings (SSSR count). The average molecular weight is 339 g/mol. The normalized spacial score (nSPS) is 10.9. The molecule has 1 aromatic rings. The van der Waals surface area contributed by atoms with Gasteiger partial charge in [0.2, 0.25) is 5.91 Å². The van der Waals surface area contributed by atoms with Crippen molar-refractivity contribution < 1.29 is 14.4 Å². The van der Waals surface area contributed by atoms with Crippen LogP contribution in [-0.4, -0.2) is 30.0 Å². The topological polar surface area (TPSA) is 99.7 Å². The summed E-state index contributed by atoms with van der Waals surface area (Å²) in [6.45, 7) is 5.62. The van der Waals surface area contributed by atoms with Crippen LogP contribution in [0.1, 0.15) is 25.8 Å². The summed E-state index contributed by atoms with van der Waals surface area (Å²) in [7, 11) is 0. The van der Waals surface area contributed by atoms with Gasteiger partial charge in [-0.1, -0.05) is 17.7 Å². The first-order valence-electron chi connectivity index (χ1n) is 7.01. The maximum absolute atomic E-state index is 11.8. The van der Waals surface area contributed by atoms with Crippen LogP contribution in [0.2, 0.25) is 5.02 Å². The van der Waals surface area contributed by atoms with E-state index in [2.05, 4.69) is 21.2 Å². The van der Waals surface area contributed by atoms with Crippen LogP contribution >= 0.6 is 11.6 Å². The van der Waals surface area contributed by atoms with E-state index in [0.29, 0.717) is 28.5 Å². The van der Waals surface area contributed by atoms with E-state index in [0.717, 1.165) is 0 Å². The number of rotatable bonds is 5. The van der Waals surface area contributed by atoms with Crippen molar-refractivity contribution in [2.45, 2.75) is 27.2 Å². The molecule has 0 spiro atoms. The Hall–Kier alpha value is -2.41. The second-order valence-electron chi connectivity index (χ2n) is 4.78. The van der Waals surface area contributed by atoms with Gasteiger partial charge in [0.05, 0.1) is 6.42 Å². The third-order valence-corrected chi connectivity index (χ3v) is 3.27. The molecule has 0 unspecified atom stereocenters. The highest BCUT2D eigenvalue weighted by Crippen LogP contribution is 2.22. The molecule has 3 amide bonds. The molecule has 0 aliphatic heterocycles. The Morgan fingerprint density at radius 2 is 1.91 bits per heavy atom. The van der Waals surface area contributed by atoms with Crippen molar-refractivity contribution in [2.24, 2.45) is 5.10 Å². The zero-order chi connectivity index (χ0) is 17.4. The predicted octanol–water partition coefficient (Wildman–Crippen LogP) is 1.61. The summed E-state index contributed by atoms with van der Waals surface area (Å²) >= 11 is 5.94. The minimum Gasteiger partial charge on any atom is -0.356 e. The van der Waals surface area contributed by atoms with E-state index in [4.69, 9.17) is 11.6 Å². The highest BCUT2D eigenvalue weighted by molar-refractivity contribution is 6.40. The summed E-state index contributed by atoms with van der Waals surface area (Å²) in [5, 5.41) is 9.26. The van der Waals surface area contributed by atoms with Crippen LogP contribution in [0.4, 0.5) is 5.69 Å². The van der Waals surface area contributed by atoms with Crippen molar-refractivity contribution in [1.82, 2.24) is 10.7 Å². The van der Waals surface area contributed by atoms with Crippen LogP contribution < -0.4 is 16.1 Å². The third kappa shape index (κ3) is 6.07. The SMILES string of the molecule is CCNC(=O)C/C(C)=N/NC(=O)C(=O)Nc1cccc(Cl)c1C. The fourth-order valence-electron chi connectivity index (χ4n) is 1.65. The first-order valence-corrected chi connectivity index (χ1v) is 7.39. The molecule has 0 aromatic heterocycles. The summed E-state index contributed by atoms with van der Waals surface area (Å²) in [5.41, 5.74) is 3.60. The van der Waals surface area contributed by atoms with Crippen molar-refractivity contribution in [1.29, 1.82) is 0 Å². The smallest absolute Gasteiger partial charge is 0.329 e. The summed E-state index contributed by atoms with van der Waals surface area (Å²) in [6, 6.07) is 4.98. The third-order valence-electron chi connectivity index (χ3n) is 2.86. The number of benzene rings is 1. The molecule has 0 aliphatic carbocycles. The number of carbonyl (C=O) groups excluding carboxylic acids is 3. The molecular formula is C15H19ClN4O3. The maximum Gasteiger partial charge on any atom is 0.329 e. The largest absolute Gasteiger partial charge is 0.356 e. The summed E-state index contributed by atoms with van der Waals surface area (Å²) in [4.78, 5) is 34.8. The molecule has 3 N–H and O–H groups in total. The van der Waals surface area contributed by atoms with Crippen molar-refractivity contribution >= 4 is 40.7 Å². The highest BCUT2D eigenvalue weighted by Gasteiger charge is 2.15. The van der Waals surface area contributed by atoms with Gasteiger partial charge in [0, 0.05) is 23.0 Å². The van der Waals surface area contributed by atoms with E-state index in [1.807, 2.05) is 0 Å². The van der Waals surface area contributed by atoms with E-state index in [9.17, 15) is 14.4 Å². The van der Waals surface area contributed by atoms with Crippen LogP contribution in [0.3, 0.4) is 0 Å². The van der Waals surface area contributed by atoms with Crippen molar-refractivity contribution in [3.63, 3.8) is 0 Å². The Kier molecular flexibility index (Phi) is 7.21. The van der Waals surface area contributed by atoms with E-state index in [1.54, 1.807) is 39.0 Å². The number of anilines is 1. The fraction of sp³-hybridized carbons (Fsp3) is 0.333. The van der Waals surface area contributed by atoms with E-state index in [1.165, 1.54) is 0 Å². The second kappa shape index (κ2) is 8.89. The van der Waals surface area contributed by atoms with Gasteiger partial charge in [-0.15, -0.1) is 0 Å². The summed E-state index contributed by atoms with van der Waals surface area (Å²) in [6.07, 6.45) is 0.0448. The van der Waals surface area contributed by atoms with Crippen LogP contribution in [0.5, 0.6) is 0 Å². The van der Waals surface area contributed by atoms with E-state index >= 15 is 0 Å². The summed E-state index contributed by atoms with van der Waals surface area (Å²) in [5.74, 6) is -2.01. The number of carbonyl (C=O) groups is 3. The average Bonchev–Trinajstić information content (AvgIpc) is 2.49. The summed E-state index contributed by atoms with van der Waals surface area (Å²) < 4.78 is 0. The van der Waals surface area contributed by atoms with Crippen molar-refractivity contribution in [2.75, 3.05) is 11.9 Å². The van der Waals surface area contributed by atoms with Crippen molar-refractivity contribution in [3.05, 3.63) is 28.8 Å². The van der Waals surface area contributed by atoms with Gasteiger partial charge in [-0.3, -0.25) is 14.4 Å². The van der Waals surface area contributed by atoms with Gasteiger partial charge in [0.15, 0.2) is 0 Å². The molecule has 23 heavy (non-hydrogen) atoms. The standard InChI is InChI=1S/C15H19ClN4O3/c1-4-17-13(21)8-9(2)19-20-15(23)14(22)18-12-7-5-6-11(16)10(12)3/h5-7H,4,8H2,1-3H3,(H,17,21)(H,18,22)(H,20,23)/b19-9+. The van der Waals surface area contributed by atoms with Crippen LogP contribution in [0.25, 0.3) is 0 Å². The quantitative estimate of drug-likeness (QED) is 0.432. The molecule has 0 heterocycles. The number of hydrogen-bond donors (Lipinski definition) is 3. The maximum atomic E-state index is 11.8. The molecule has 7 nitrogen and oxygen atoms in total. The second-order valence-corrected chi connectivity index (χ2v) is 5.19. The lowest BCUT2D eigenvalue weighted by Crippen LogP contribution is -2.33. The molecular weight excluding hydrogens is 320 g/mol. The Bertz CT molecular complexity index is 644. The van der Waals surface area contributed by atoms with E-state index < -0.39 is 11.8 Å². The zero-order valence-corrected chi connectivity index (χ0v) is 14.0. The number of hydrazone groups is 1. The minimum absolute atomic E-state index is 0.0448. The van der Waals surface area contributed by atoms with Crippen LogP contribution in [-0.2, 0) is 14.4 Å². The molecule has 0 saturated carbocycles. The number of halogens is 1. The van der Waals surface area contributed by atoms with Gasteiger partial charge in [-0.05, 0) is 38.5 Å². The number of nitrogens with one attached hydrogen (secondary N) is 3. The molecule has 8 heteroatoms. The molecule has 0 bridgehead atoms. The molecule has 0 aliphatic rings. The van der Waals surface area contributed by atoms with Gasteiger partial charge < -0.3 is 10.6 Å². The molecule has 1 aromatic carbocycles. The van der Waals surface area contributed by atoms with Gasteiger partial charge in [-0.25, -0.2) is 5.43 Å². The first kappa shape index (κ1) is 18.6. The molecule has 0 fully saturated rings. The number of hydrogen-bond acceptors (Lipinski definition) is 4. The highest BCUT2D eigenvalue weighted by atomic mass is 35.5. The monoisotopic (exact) mass is 338 g/mol. The zero-order valence-electron chi connectivity index (χ0n) is 13.2. The molecule has 0 atom stereocenters. The Labute approximate surface area is 139 Å². The lowest BCUT2D eigenvalue weighted by atomic mass is 10.2. The van der Waals surface area contributed by atoms with Crippen molar-refractivity contribution in [3.8, 4) is 0 Å². The van der Waals surface area contributed by atoms with Gasteiger partial charge in [-0.2, -0.15) is 5.10 Å². The predicted molar refractivity (Wildman–Crippen MR) is 89.4 cm³/mol. The van der Waals surface area contributed by atoms with Gasteiger partial charge in [0.1, 0.15) is 0 Å². The molecule has 124 valence electrons. The van der Waals surface area contributed by atoms with E-state index in [-0.39, 0.29) is 12.3 Å². The molecule has 0 radical (unpaired) electrons. The Balaban J connectivity index is 2.59. The fourth-order valence-corrected chi connectivity index (χ4v) is 1.83. The lowest BCUT2D eigenvalue weighted by Gasteiger charge is -2.08. The first-order chi connectivity index (χ1) is 10.8. The minimum atomic E-state index is -0.931. The van der Waals surface area contributed by atoms with Gasteiger partial charge in [0.25, 0.3) is 0 Å². The lowest BCUT2D eigenvalue weighted by molar-refractivity contribution is -0.136. The van der Waals surface area contributed by atoms with Crippen LogP contribution in [0.15, 0.2) is 23.3 Å². The number of amides is 3. The number of nitrogens with zero attached hydrogens (tertiary/aromatic N) is 1. The van der Waals surface area contributed by atoms with Gasteiger partial charge >= 0.3 is 11.8 Å². The van der Waals surface area contributed by atoms with Crippen LogP contribution in [0, 0.1) is 6.92 Å².